The number of ether oxygens (including phenoxy) is 3. The van der Waals surface area contributed by atoms with E-state index < -0.39 is 23.5 Å². The van der Waals surface area contributed by atoms with Crippen LogP contribution in [0.2, 0.25) is 0 Å². The maximum Gasteiger partial charge on any atom is 0.518 e. The molecule has 0 bridgehead atoms. The summed E-state index contributed by atoms with van der Waals surface area (Å²) < 4.78 is 11.7. The topological polar surface area (TPSA) is 102 Å². The number of methoxy groups -OCH3 is 2. The zero-order valence-electron chi connectivity index (χ0n) is 11.9. The van der Waals surface area contributed by atoms with E-state index in [0.29, 0.717) is 0 Å². The fourth-order valence-electron chi connectivity index (χ4n) is 0.457. The molecule has 0 heterocycles. The minimum absolute atomic E-state index is 1.01. The molecule has 19 heavy (non-hydrogen) atoms. The minimum Gasteiger partial charge on any atom is -0.437 e. The molecule has 7 heteroatoms. The molecule has 0 spiro atoms. The second kappa shape index (κ2) is 8.34. The molecule has 0 saturated heterocycles. The van der Waals surface area contributed by atoms with Crippen LogP contribution in [0, 0.1) is 11.8 Å². The zero-order chi connectivity index (χ0) is 15.7. The molecule has 0 aliphatic carbocycles. The average Bonchev–Trinajstić information content (AvgIpc) is 2.25. The SMILES string of the molecule is CC(C)(O)C#CC(C)(C)O.COC(=O)OC(=O)OC. The molecule has 0 radical (unpaired) electrons. The molecule has 0 atom stereocenters. The molecular formula is C12H20O7. The molecular weight excluding hydrogens is 256 g/mol. The van der Waals surface area contributed by atoms with Crippen LogP contribution in [-0.2, 0) is 14.2 Å². The standard InChI is InChI=1S/C8H14O2.C4H6O5/c1-7(2,9)5-6-8(3,4)10;1-7-3(5)9-4(6)8-2/h9-10H,1-4H3;1-2H3. The largest absolute Gasteiger partial charge is 0.518 e. The van der Waals surface area contributed by atoms with E-state index in [-0.39, 0.29) is 0 Å². The second-order valence-electron chi connectivity index (χ2n) is 4.38. The molecule has 0 rings (SSSR count). The van der Waals surface area contributed by atoms with Crippen LogP contribution in [0.1, 0.15) is 27.7 Å². The molecule has 0 aromatic heterocycles. The fraction of sp³-hybridized carbons (Fsp3) is 0.667. The maximum atomic E-state index is 10.0. The lowest BCUT2D eigenvalue weighted by molar-refractivity contribution is 0.0568. The highest BCUT2D eigenvalue weighted by atomic mass is 16.8. The normalized spacial score (nSPS) is 10.1. The van der Waals surface area contributed by atoms with Gasteiger partial charge in [-0.15, -0.1) is 0 Å². The molecule has 0 aromatic carbocycles. The van der Waals surface area contributed by atoms with Crippen molar-refractivity contribution in [1.82, 2.24) is 0 Å². The first kappa shape index (κ1) is 19.6. The molecule has 0 amide bonds. The van der Waals surface area contributed by atoms with Gasteiger partial charge in [0.05, 0.1) is 14.2 Å². The van der Waals surface area contributed by atoms with Crippen LogP contribution < -0.4 is 0 Å². The zero-order valence-corrected chi connectivity index (χ0v) is 11.9. The van der Waals surface area contributed by atoms with Gasteiger partial charge in [-0.3, -0.25) is 0 Å². The Hall–Kier alpha value is -1.78. The van der Waals surface area contributed by atoms with Gasteiger partial charge in [0.2, 0.25) is 0 Å². The molecule has 0 unspecified atom stereocenters. The minimum atomic E-state index is -1.08. The Labute approximate surface area is 112 Å². The predicted molar refractivity (Wildman–Crippen MR) is 66.3 cm³/mol. The van der Waals surface area contributed by atoms with Crippen LogP contribution in [0.5, 0.6) is 0 Å². The van der Waals surface area contributed by atoms with Crippen molar-refractivity contribution in [1.29, 1.82) is 0 Å². The summed E-state index contributed by atoms with van der Waals surface area (Å²) in [5.41, 5.74) is -2.03. The summed E-state index contributed by atoms with van der Waals surface area (Å²) in [5.74, 6) is 5.03. The highest BCUT2D eigenvalue weighted by Crippen LogP contribution is 2.01. The van der Waals surface area contributed by atoms with Gasteiger partial charge in [0.1, 0.15) is 11.2 Å². The smallest absolute Gasteiger partial charge is 0.437 e. The number of hydrogen-bond acceptors (Lipinski definition) is 7. The highest BCUT2D eigenvalue weighted by Gasteiger charge is 2.10. The Bertz CT molecular complexity index is 317. The van der Waals surface area contributed by atoms with E-state index in [9.17, 15) is 9.59 Å². The lowest BCUT2D eigenvalue weighted by Crippen LogP contribution is -2.20. The van der Waals surface area contributed by atoms with Gasteiger partial charge in [0.15, 0.2) is 0 Å². The van der Waals surface area contributed by atoms with Crippen LogP contribution in [0.3, 0.4) is 0 Å². The third-order valence-electron chi connectivity index (χ3n) is 1.17. The van der Waals surface area contributed by atoms with Gasteiger partial charge in [-0.05, 0) is 27.7 Å². The van der Waals surface area contributed by atoms with Crippen molar-refractivity contribution in [3.05, 3.63) is 0 Å². The average molecular weight is 276 g/mol. The number of aliphatic hydroxyl groups is 2. The Morgan fingerprint density at radius 3 is 1.26 bits per heavy atom. The van der Waals surface area contributed by atoms with E-state index in [4.69, 9.17) is 10.2 Å². The Kier molecular flexibility index (Phi) is 8.59. The van der Waals surface area contributed by atoms with Gasteiger partial charge in [-0.1, -0.05) is 11.8 Å². The van der Waals surface area contributed by atoms with Crippen molar-refractivity contribution in [3.63, 3.8) is 0 Å². The van der Waals surface area contributed by atoms with E-state index in [1.165, 1.54) is 0 Å². The Morgan fingerprint density at radius 2 is 1.11 bits per heavy atom. The third-order valence-corrected chi connectivity index (χ3v) is 1.17. The van der Waals surface area contributed by atoms with E-state index >= 15 is 0 Å². The molecule has 7 nitrogen and oxygen atoms in total. The van der Waals surface area contributed by atoms with Crippen molar-refractivity contribution < 1.29 is 34.0 Å². The molecule has 0 fully saturated rings. The van der Waals surface area contributed by atoms with E-state index in [1.54, 1.807) is 27.7 Å². The van der Waals surface area contributed by atoms with Crippen molar-refractivity contribution in [2.75, 3.05) is 14.2 Å². The summed E-state index contributed by atoms with van der Waals surface area (Å²) in [6.45, 7) is 6.30. The van der Waals surface area contributed by atoms with Crippen LogP contribution >= 0.6 is 0 Å². The number of carbonyl (C=O) groups is 2. The lowest BCUT2D eigenvalue weighted by Gasteiger charge is -2.10. The second-order valence-corrected chi connectivity index (χ2v) is 4.38. The summed E-state index contributed by atoms with van der Waals surface area (Å²) in [6, 6.07) is 0. The van der Waals surface area contributed by atoms with Gasteiger partial charge in [0.25, 0.3) is 0 Å². The molecule has 2 N–H and O–H groups in total. The summed E-state index contributed by atoms with van der Waals surface area (Å²) in [4.78, 5) is 20.1. The highest BCUT2D eigenvalue weighted by molar-refractivity contribution is 5.76. The summed E-state index contributed by atoms with van der Waals surface area (Å²) in [6.07, 6.45) is -2.16. The van der Waals surface area contributed by atoms with Crippen molar-refractivity contribution in [2.24, 2.45) is 0 Å². The molecule has 110 valence electrons. The van der Waals surface area contributed by atoms with Gasteiger partial charge in [0, 0.05) is 0 Å². The van der Waals surface area contributed by atoms with Crippen molar-refractivity contribution >= 4 is 12.3 Å². The predicted octanol–water partition coefficient (Wildman–Crippen LogP) is 1.07. The summed E-state index contributed by atoms with van der Waals surface area (Å²) >= 11 is 0. The first-order chi connectivity index (χ1) is 8.41. The van der Waals surface area contributed by atoms with Gasteiger partial charge >= 0.3 is 12.3 Å². The Morgan fingerprint density at radius 1 is 0.842 bits per heavy atom. The van der Waals surface area contributed by atoms with Crippen LogP contribution in [0.4, 0.5) is 9.59 Å². The number of carbonyl (C=O) groups excluding carboxylic acids is 2. The van der Waals surface area contributed by atoms with E-state index in [2.05, 4.69) is 26.1 Å². The lowest BCUT2D eigenvalue weighted by atomic mass is 10.1. The first-order valence-electron chi connectivity index (χ1n) is 5.24. The number of rotatable bonds is 0. The van der Waals surface area contributed by atoms with Gasteiger partial charge in [-0.2, -0.15) is 0 Å². The third kappa shape index (κ3) is 18.8. The summed E-state index contributed by atoms with van der Waals surface area (Å²) in [7, 11) is 2.18. The van der Waals surface area contributed by atoms with Gasteiger partial charge in [-0.25, -0.2) is 9.59 Å². The number of hydrogen-bond donors (Lipinski definition) is 2. The molecule has 0 aliphatic heterocycles. The van der Waals surface area contributed by atoms with Crippen LogP contribution in [0.15, 0.2) is 0 Å². The van der Waals surface area contributed by atoms with Gasteiger partial charge < -0.3 is 24.4 Å². The van der Waals surface area contributed by atoms with Crippen molar-refractivity contribution in [2.45, 2.75) is 38.9 Å². The van der Waals surface area contributed by atoms with Crippen LogP contribution in [0.25, 0.3) is 0 Å². The molecule has 0 aromatic rings. The van der Waals surface area contributed by atoms with Crippen molar-refractivity contribution in [3.8, 4) is 11.8 Å². The summed E-state index contributed by atoms with van der Waals surface area (Å²) in [5, 5.41) is 18.2. The molecule has 0 aliphatic rings. The van der Waals surface area contributed by atoms with E-state index in [0.717, 1.165) is 14.2 Å². The van der Waals surface area contributed by atoms with E-state index in [1.807, 2.05) is 0 Å². The monoisotopic (exact) mass is 276 g/mol. The molecule has 0 saturated carbocycles. The maximum absolute atomic E-state index is 10.0. The quantitative estimate of drug-likeness (QED) is 0.387. The van der Waals surface area contributed by atoms with Crippen LogP contribution in [-0.4, -0.2) is 47.9 Å². The fourth-order valence-corrected chi connectivity index (χ4v) is 0.457. The Balaban J connectivity index is 0. The first-order valence-corrected chi connectivity index (χ1v) is 5.24.